The van der Waals surface area contributed by atoms with E-state index in [1.54, 1.807) is 18.4 Å². The summed E-state index contributed by atoms with van der Waals surface area (Å²) in [6.07, 6.45) is 0. The SMILES string of the molecule is COCCN(C)C(CN)c1cc(Br)c(Cl)s1. The van der Waals surface area contributed by atoms with Gasteiger partial charge in [-0.05, 0) is 29.0 Å². The van der Waals surface area contributed by atoms with Gasteiger partial charge in [-0.3, -0.25) is 4.90 Å². The smallest absolute Gasteiger partial charge is 0.107 e. The molecule has 1 atom stereocenters. The monoisotopic (exact) mass is 326 g/mol. The van der Waals surface area contributed by atoms with E-state index in [1.807, 2.05) is 13.1 Å². The van der Waals surface area contributed by atoms with Crippen LogP contribution in [0.2, 0.25) is 4.34 Å². The first-order chi connectivity index (χ1) is 7.60. The van der Waals surface area contributed by atoms with Crippen molar-refractivity contribution in [3.8, 4) is 0 Å². The van der Waals surface area contributed by atoms with Crippen molar-refractivity contribution < 1.29 is 4.74 Å². The molecule has 92 valence electrons. The minimum atomic E-state index is 0.198. The fourth-order valence-electron chi connectivity index (χ4n) is 1.43. The summed E-state index contributed by atoms with van der Waals surface area (Å²) >= 11 is 11.0. The predicted octanol–water partition coefficient (Wildman–Crippen LogP) is 2.74. The van der Waals surface area contributed by atoms with Crippen LogP contribution >= 0.6 is 38.9 Å². The number of likely N-dealkylation sites (N-methyl/N-ethyl adjacent to an activating group) is 1. The Morgan fingerprint density at radius 1 is 1.69 bits per heavy atom. The van der Waals surface area contributed by atoms with E-state index in [9.17, 15) is 0 Å². The molecule has 0 spiro atoms. The van der Waals surface area contributed by atoms with E-state index >= 15 is 0 Å². The van der Waals surface area contributed by atoms with Crippen LogP contribution in [0.3, 0.4) is 0 Å². The molecule has 0 aliphatic rings. The first kappa shape index (κ1) is 14.4. The van der Waals surface area contributed by atoms with Gasteiger partial charge in [-0.25, -0.2) is 0 Å². The van der Waals surface area contributed by atoms with Crippen molar-refractivity contribution >= 4 is 38.9 Å². The molecule has 1 rings (SSSR count). The highest BCUT2D eigenvalue weighted by molar-refractivity contribution is 9.10. The molecule has 0 aliphatic heterocycles. The first-order valence-corrected chi connectivity index (χ1v) is 6.92. The average Bonchev–Trinajstić information content (AvgIpc) is 2.57. The van der Waals surface area contributed by atoms with Gasteiger partial charge in [0.1, 0.15) is 4.34 Å². The largest absolute Gasteiger partial charge is 0.383 e. The highest BCUT2D eigenvalue weighted by Gasteiger charge is 2.18. The lowest BCUT2D eigenvalue weighted by Crippen LogP contribution is -2.32. The van der Waals surface area contributed by atoms with E-state index < -0.39 is 0 Å². The number of methoxy groups -OCH3 is 1. The van der Waals surface area contributed by atoms with Crippen molar-refractivity contribution in [3.63, 3.8) is 0 Å². The maximum Gasteiger partial charge on any atom is 0.107 e. The molecule has 1 unspecified atom stereocenters. The number of halogens is 2. The van der Waals surface area contributed by atoms with Gasteiger partial charge in [-0.2, -0.15) is 0 Å². The van der Waals surface area contributed by atoms with Crippen LogP contribution in [-0.4, -0.2) is 38.8 Å². The van der Waals surface area contributed by atoms with Crippen LogP contribution in [0, 0.1) is 0 Å². The number of thiophene rings is 1. The quantitative estimate of drug-likeness (QED) is 0.873. The molecular formula is C10H16BrClN2OS. The van der Waals surface area contributed by atoms with E-state index in [4.69, 9.17) is 22.1 Å². The summed E-state index contributed by atoms with van der Waals surface area (Å²) in [4.78, 5) is 3.36. The second-order valence-electron chi connectivity index (χ2n) is 3.50. The molecule has 0 bridgehead atoms. The Morgan fingerprint density at radius 2 is 2.38 bits per heavy atom. The zero-order valence-electron chi connectivity index (χ0n) is 9.37. The van der Waals surface area contributed by atoms with E-state index in [0.29, 0.717) is 13.2 Å². The van der Waals surface area contributed by atoms with Crippen LogP contribution in [0.15, 0.2) is 10.5 Å². The molecule has 0 saturated carbocycles. The lowest BCUT2D eigenvalue weighted by Gasteiger charge is -2.25. The standard InChI is InChI=1S/C10H16BrClN2OS/c1-14(3-4-15-2)8(6-13)9-5-7(11)10(12)16-9/h5,8H,3-4,6,13H2,1-2H3. The average molecular weight is 328 g/mol. The second kappa shape index (κ2) is 6.93. The third-order valence-electron chi connectivity index (χ3n) is 2.40. The molecule has 6 heteroatoms. The lowest BCUT2D eigenvalue weighted by molar-refractivity contribution is 0.141. The highest BCUT2D eigenvalue weighted by atomic mass is 79.9. The minimum Gasteiger partial charge on any atom is -0.383 e. The first-order valence-electron chi connectivity index (χ1n) is 4.94. The zero-order valence-corrected chi connectivity index (χ0v) is 12.5. The zero-order chi connectivity index (χ0) is 12.1. The van der Waals surface area contributed by atoms with Gasteiger partial charge in [0.25, 0.3) is 0 Å². The Balaban J connectivity index is 2.73. The summed E-state index contributed by atoms with van der Waals surface area (Å²) < 4.78 is 6.77. The van der Waals surface area contributed by atoms with Crippen molar-refractivity contribution in [2.75, 3.05) is 33.9 Å². The van der Waals surface area contributed by atoms with Crippen LogP contribution in [0.1, 0.15) is 10.9 Å². The van der Waals surface area contributed by atoms with Crippen molar-refractivity contribution in [2.45, 2.75) is 6.04 Å². The van der Waals surface area contributed by atoms with Gasteiger partial charge >= 0.3 is 0 Å². The summed E-state index contributed by atoms with van der Waals surface area (Å²) in [6, 6.07) is 2.23. The van der Waals surface area contributed by atoms with Crippen molar-refractivity contribution in [1.82, 2.24) is 4.90 Å². The van der Waals surface area contributed by atoms with E-state index in [0.717, 1.165) is 15.4 Å². The third-order valence-corrected chi connectivity index (χ3v) is 4.97. The predicted molar refractivity (Wildman–Crippen MR) is 73.3 cm³/mol. The van der Waals surface area contributed by atoms with Gasteiger partial charge < -0.3 is 10.5 Å². The molecule has 1 heterocycles. The molecule has 0 aliphatic carbocycles. The van der Waals surface area contributed by atoms with Crippen molar-refractivity contribution in [3.05, 3.63) is 19.8 Å². The van der Waals surface area contributed by atoms with Crippen molar-refractivity contribution in [1.29, 1.82) is 0 Å². The Bertz CT molecular complexity index is 315. The molecule has 0 saturated heterocycles. The Morgan fingerprint density at radius 3 is 2.81 bits per heavy atom. The number of nitrogens with zero attached hydrogens (tertiary/aromatic N) is 1. The Kier molecular flexibility index (Phi) is 6.25. The summed E-state index contributed by atoms with van der Waals surface area (Å²) in [7, 11) is 3.74. The third kappa shape index (κ3) is 3.68. The normalized spacial score (nSPS) is 13.4. The number of hydrogen-bond donors (Lipinski definition) is 1. The highest BCUT2D eigenvalue weighted by Crippen LogP contribution is 2.36. The van der Waals surface area contributed by atoms with E-state index in [1.165, 1.54) is 4.88 Å². The molecule has 0 amide bonds. The Hall–Kier alpha value is 0.350. The van der Waals surface area contributed by atoms with Crippen LogP contribution in [0.4, 0.5) is 0 Å². The molecule has 1 aromatic heterocycles. The van der Waals surface area contributed by atoms with Gasteiger partial charge in [-0.1, -0.05) is 11.6 Å². The molecule has 2 N–H and O–H groups in total. The lowest BCUT2D eigenvalue weighted by atomic mass is 10.2. The van der Waals surface area contributed by atoms with E-state index in [-0.39, 0.29) is 6.04 Å². The van der Waals surface area contributed by atoms with Crippen LogP contribution < -0.4 is 5.73 Å². The summed E-state index contributed by atoms with van der Waals surface area (Å²) in [5, 5.41) is 0. The molecular weight excluding hydrogens is 312 g/mol. The molecule has 3 nitrogen and oxygen atoms in total. The summed E-state index contributed by atoms with van der Waals surface area (Å²) in [5.41, 5.74) is 5.80. The maximum absolute atomic E-state index is 6.03. The number of rotatable bonds is 6. The maximum atomic E-state index is 6.03. The summed E-state index contributed by atoms with van der Waals surface area (Å²) in [6.45, 7) is 2.13. The molecule has 0 aromatic carbocycles. The topological polar surface area (TPSA) is 38.5 Å². The van der Waals surface area contributed by atoms with Crippen molar-refractivity contribution in [2.24, 2.45) is 5.73 Å². The van der Waals surface area contributed by atoms with Crippen LogP contribution in [0.25, 0.3) is 0 Å². The van der Waals surface area contributed by atoms with Gasteiger partial charge in [0.2, 0.25) is 0 Å². The van der Waals surface area contributed by atoms with Gasteiger partial charge in [0.05, 0.1) is 12.6 Å². The minimum absolute atomic E-state index is 0.198. The number of hydrogen-bond acceptors (Lipinski definition) is 4. The molecule has 1 aromatic rings. The number of ether oxygens (including phenoxy) is 1. The second-order valence-corrected chi connectivity index (χ2v) is 6.04. The molecule has 16 heavy (non-hydrogen) atoms. The number of nitrogens with two attached hydrogens (primary N) is 1. The fourth-order valence-corrected chi connectivity index (χ4v) is 3.35. The van der Waals surface area contributed by atoms with Gasteiger partial charge in [-0.15, -0.1) is 11.3 Å². The molecule has 0 fully saturated rings. The summed E-state index contributed by atoms with van der Waals surface area (Å²) in [5.74, 6) is 0. The Labute approximate surface area is 114 Å². The van der Waals surface area contributed by atoms with Gasteiger partial charge in [0, 0.05) is 29.5 Å². The molecule has 0 radical (unpaired) electrons. The van der Waals surface area contributed by atoms with Gasteiger partial charge in [0.15, 0.2) is 0 Å². The fraction of sp³-hybridized carbons (Fsp3) is 0.600. The van der Waals surface area contributed by atoms with E-state index in [2.05, 4.69) is 20.8 Å². The van der Waals surface area contributed by atoms with Crippen LogP contribution in [-0.2, 0) is 4.74 Å². The van der Waals surface area contributed by atoms with Crippen LogP contribution in [0.5, 0.6) is 0 Å².